The van der Waals surface area contributed by atoms with Crippen molar-refractivity contribution >= 4 is 17.3 Å². The van der Waals surface area contributed by atoms with Crippen molar-refractivity contribution in [3.05, 3.63) is 36.2 Å². The van der Waals surface area contributed by atoms with Crippen LogP contribution >= 0.6 is 0 Å². The summed E-state index contributed by atoms with van der Waals surface area (Å²) in [5.41, 5.74) is 7.87. The van der Waals surface area contributed by atoms with Gasteiger partial charge in [-0.15, -0.1) is 5.10 Å². The van der Waals surface area contributed by atoms with Gasteiger partial charge in [-0.25, -0.2) is 4.68 Å². The quantitative estimate of drug-likeness (QED) is 0.826. The second-order valence-electron chi connectivity index (χ2n) is 4.60. The molecule has 20 heavy (non-hydrogen) atoms. The smallest absolute Gasteiger partial charge is 0.246 e. The highest BCUT2D eigenvalue weighted by atomic mass is 16.2. The van der Waals surface area contributed by atoms with Crippen molar-refractivity contribution in [1.29, 1.82) is 0 Å². The largest absolute Gasteiger partial charge is 0.378 e. The van der Waals surface area contributed by atoms with Crippen molar-refractivity contribution in [3.8, 4) is 0 Å². The van der Waals surface area contributed by atoms with Crippen molar-refractivity contribution in [1.82, 2.24) is 15.0 Å². The molecule has 0 saturated carbocycles. The molecule has 106 valence electrons. The lowest BCUT2D eigenvalue weighted by Crippen LogP contribution is -2.19. The minimum Gasteiger partial charge on any atom is -0.378 e. The van der Waals surface area contributed by atoms with E-state index >= 15 is 0 Å². The van der Waals surface area contributed by atoms with Crippen molar-refractivity contribution in [3.63, 3.8) is 0 Å². The fourth-order valence-electron chi connectivity index (χ4n) is 1.72. The molecule has 0 aliphatic rings. The number of carbonyl (C=O) groups is 1. The number of rotatable bonds is 5. The van der Waals surface area contributed by atoms with Gasteiger partial charge >= 0.3 is 0 Å². The number of hydrogen-bond acceptors (Lipinski definition) is 5. The summed E-state index contributed by atoms with van der Waals surface area (Å²) in [5, 5.41) is 10.5. The third-order valence-electron chi connectivity index (χ3n) is 2.75. The summed E-state index contributed by atoms with van der Waals surface area (Å²) in [7, 11) is 3.90. The molecule has 1 heterocycles. The zero-order chi connectivity index (χ0) is 14.5. The number of hydrogen-bond donors (Lipinski definition) is 2. The first-order valence-corrected chi connectivity index (χ1v) is 6.25. The molecule has 0 aliphatic carbocycles. The Hall–Kier alpha value is -2.41. The summed E-state index contributed by atoms with van der Waals surface area (Å²) in [6, 6.07) is 7.62. The second kappa shape index (κ2) is 6.16. The normalized spacial score (nSPS) is 10.3. The lowest BCUT2D eigenvalue weighted by molar-refractivity contribution is -0.116. The first-order valence-electron chi connectivity index (χ1n) is 6.25. The van der Waals surface area contributed by atoms with E-state index < -0.39 is 0 Å². The van der Waals surface area contributed by atoms with E-state index in [0.717, 1.165) is 11.4 Å². The van der Waals surface area contributed by atoms with Gasteiger partial charge in [-0.1, -0.05) is 11.3 Å². The maximum Gasteiger partial charge on any atom is 0.246 e. The third kappa shape index (κ3) is 3.55. The number of aromatic nitrogens is 3. The van der Waals surface area contributed by atoms with Crippen molar-refractivity contribution in [2.45, 2.75) is 13.1 Å². The fourth-order valence-corrected chi connectivity index (χ4v) is 1.72. The zero-order valence-electron chi connectivity index (χ0n) is 11.6. The Bertz CT molecular complexity index is 592. The minimum atomic E-state index is -0.158. The maximum absolute atomic E-state index is 11.9. The molecular weight excluding hydrogens is 256 g/mol. The zero-order valence-corrected chi connectivity index (χ0v) is 11.6. The second-order valence-corrected chi connectivity index (χ2v) is 4.60. The van der Waals surface area contributed by atoms with Crippen molar-refractivity contribution in [2.24, 2.45) is 5.73 Å². The highest BCUT2D eigenvalue weighted by molar-refractivity contribution is 5.91. The Labute approximate surface area is 117 Å². The van der Waals surface area contributed by atoms with Crippen LogP contribution in [0.5, 0.6) is 0 Å². The van der Waals surface area contributed by atoms with Gasteiger partial charge in [0.1, 0.15) is 6.54 Å². The highest BCUT2D eigenvalue weighted by Crippen LogP contribution is 2.17. The van der Waals surface area contributed by atoms with Gasteiger partial charge in [0.05, 0.1) is 11.9 Å². The third-order valence-corrected chi connectivity index (χ3v) is 2.75. The maximum atomic E-state index is 11.9. The van der Waals surface area contributed by atoms with E-state index in [1.807, 2.05) is 43.3 Å². The topological polar surface area (TPSA) is 89.1 Å². The van der Waals surface area contributed by atoms with Gasteiger partial charge in [0.15, 0.2) is 0 Å². The molecule has 1 amide bonds. The Balaban J connectivity index is 1.99. The molecule has 0 radical (unpaired) electrons. The van der Waals surface area contributed by atoms with Gasteiger partial charge in [0.25, 0.3) is 0 Å². The summed E-state index contributed by atoms with van der Waals surface area (Å²) in [6.07, 6.45) is 1.66. The van der Waals surface area contributed by atoms with E-state index in [2.05, 4.69) is 15.6 Å². The molecule has 0 bridgehead atoms. The molecule has 0 fully saturated rings. The Morgan fingerprint density at radius 2 is 2.25 bits per heavy atom. The Morgan fingerprint density at radius 3 is 2.90 bits per heavy atom. The van der Waals surface area contributed by atoms with Crippen LogP contribution in [0.3, 0.4) is 0 Å². The van der Waals surface area contributed by atoms with Gasteiger partial charge in [-0.05, 0) is 18.2 Å². The number of amides is 1. The lowest BCUT2D eigenvalue weighted by Gasteiger charge is -2.14. The molecule has 7 heteroatoms. The average molecular weight is 274 g/mol. The summed E-state index contributed by atoms with van der Waals surface area (Å²) in [4.78, 5) is 13.9. The van der Waals surface area contributed by atoms with Gasteiger partial charge in [-0.2, -0.15) is 0 Å². The summed E-state index contributed by atoms with van der Waals surface area (Å²) in [5.74, 6) is -0.158. The van der Waals surface area contributed by atoms with E-state index in [1.165, 1.54) is 4.68 Å². The fraction of sp³-hybridized carbons (Fsp3) is 0.308. The molecule has 1 aromatic heterocycles. The van der Waals surface area contributed by atoms with Crippen molar-refractivity contribution < 1.29 is 4.79 Å². The van der Waals surface area contributed by atoms with E-state index in [-0.39, 0.29) is 12.5 Å². The number of anilines is 2. The van der Waals surface area contributed by atoms with Crippen LogP contribution < -0.4 is 16.0 Å². The molecule has 0 atom stereocenters. The van der Waals surface area contributed by atoms with Crippen LogP contribution in [0.2, 0.25) is 0 Å². The molecular formula is C13H18N6O. The van der Waals surface area contributed by atoms with E-state index in [4.69, 9.17) is 5.73 Å². The van der Waals surface area contributed by atoms with E-state index in [9.17, 15) is 4.79 Å². The molecule has 2 aromatic rings. The predicted octanol–water partition coefficient (Wildman–Crippen LogP) is 0.441. The average Bonchev–Trinajstić information content (AvgIpc) is 2.86. The van der Waals surface area contributed by atoms with Crippen LogP contribution in [0, 0.1) is 0 Å². The predicted molar refractivity (Wildman–Crippen MR) is 77.3 cm³/mol. The number of nitrogens with two attached hydrogens (primary N) is 1. The van der Waals surface area contributed by atoms with E-state index in [0.29, 0.717) is 12.2 Å². The van der Waals surface area contributed by atoms with E-state index in [1.54, 1.807) is 6.20 Å². The van der Waals surface area contributed by atoms with Crippen LogP contribution in [0.1, 0.15) is 5.69 Å². The summed E-state index contributed by atoms with van der Waals surface area (Å²) < 4.78 is 1.47. The molecule has 0 saturated heterocycles. The lowest BCUT2D eigenvalue weighted by atomic mass is 10.2. The highest BCUT2D eigenvalue weighted by Gasteiger charge is 2.06. The SMILES string of the molecule is CN(C)c1cccc(NC(=O)Cn2cc(CN)nn2)c1. The molecule has 3 N–H and O–H groups in total. The van der Waals surface area contributed by atoms with Gasteiger partial charge in [0, 0.05) is 32.0 Å². The molecule has 0 aliphatic heterocycles. The van der Waals surface area contributed by atoms with Crippen LogP contribution in [-0.4, -0.2) is 35.0 Å². The summed E-state index contributed by atoms with van der Waals surface area (Å²) in [6.45, 7) is 0.422. The van der Waals surface area contributed by atoms with Crippen molar-refractivity contribution in [2.75, 3.05) is 24.3 Å². The number of nitrogens with zero attached hydrogens (tertiary/aromatic N) is 4. The molecule has 0 unspecified atom stereocenters. The standard InChI is InChI=1S/C13H18N6O/c1-18(2)12-5-3-4-10(6-12)15-13(20)9-19-8-11(7-14)16-17-19/h3-6,8H,7,9,14H2,1-2H3,(H,15,20). The van der Waals surface area contributed by atoms with Gasteiger partial charge < -0.3 is 16.0 Å². The Morgan fingerprint density at radius 1 is 1.45 bits per heavy atom. The van der Waals surface area contributed by atoms with Crippen LogP contribution in [0.4, 0.5) is 11.4 Å². The van der Waals surface area contributed by atoms with Gasteiger partial charge in [-0.3, -0.25) is 4.79 Å². The number of carbonyl (C=O) groups excluding carboxylic acids is 1. The first kappa shape index (κ1) is 14.0. The van der Waals surface area contributed by atoms with Crippen LogP contribution in [0.25, 0.3) is 0 Å². The molecule has 0 spiro atoms. The molecule has 2 rings (SSSR count). The van der Waals surface area contributed by atoms with Crippen LogP contribution in [-0.2, 0) is 17.9 Å². The molecule has 1 aromatic carbocycles. The number of nitrogens with one attached hydrogen (secondary N) is 1. The Kier molecular flexibility index (Phi) is 4.31. The minimum absolute atomic E-state index is 0.110. The number of benzene rings is 1. The van der Waals surface area contributed by atoms with Gasteiger partial charge in [0.2, 0.25) is 5.91 Å². The first-order chi connectivity index (χ1) is 9.58. The monoisotopic (exact) mass is 274 g/mol. The summed E-state index contributed by atoms with van der Waals surface area (Å²) >= 11 is 0. The molecule has 7 nitrogen and oxygen atoms in total. The van der Waals surface area contributed by atoms with Crippen LogP contribution in [0.15, 0.2) is 30.5 Å².